The first-order chi connectivity index (χ1) is 11.0. The first-order valence-electron chi connectivity index (χ1n) is 7.80. The van der Waals surface area contributed by atoms with E-state index in [1.54, 1.807) is 0 Å². The van der Waals surface area contributed by atoms with Crippen LogP contribution in [0.3, 0.4) is 0 Å². The monoisotopic (exact) mass is 309 g/mol. The summed E-state index contributed by atoms with van der Waals surface area (Å²) in [5, 5.41) is 19.7. The Labute approximate surface area is 135 Å². The van der Waals surface area contributed by atoms with Gasteiger partial charge in [-0.15, -0.1) is 0 Å². The van der Waals surface area contributed by atoms with E-state index in [-0.39, 0.29) is 5.92 Å². The lowest BCUT2D eigenvalue weighted by Crippen LogP contribution is -2.37. The van der Waals surface area contributed by atoms with Crippen molar-refractivity contribution in [2.24, 2.45) is 5.92 Å². The van der Waals surface area contributed by atoms with Crippen LogP contribution in [0.25, 0.3) is 10.9 Å². The largest absolute Gasteiger partial charge is 0.481 e. The van der Waals surface area contributed by atoms with Crippen molar-refractivity contribution in [3.05, 3.63) is 35.0 Å². The average Bonchev–Trinajstić information content (AvgIpc) is 2.54. The quantitative estimate of drug-likeness (QED) is 0.922. The molecule has 5 heteroatoms. The summed E-state index contributed by atoms with van der Waals surface area (Å²) in [5.41, 5.74) is 4.22. The second kappa shape index (κ2) is 5.88. The number of pyridine rings is 1. The lowest BCUT2D eigenvalue weighted by atomic mass is 9.95. The number of carboxylic acid groups (broad SMARTS) is 1. The lowest BCUT2D eigenvalue weighted by Gasteiger charge is -2.33. The van der Waals surface area contributed by atoms with Crippen LogP contribution in [0, 0.1) is 31.1 Å². The van der Waals surface area contributed by atoms with Crippen molar-refractivity contribution >= 4 is 22.6 Å². The van der Waals surface area contributed by atoms with Crippen LogP contribution in [0.4, 0.5) is 5.69 Å². The number of nitrogens with zero attached hydrogens (tertiary/aromatic N) is 3. The third-order valence-electron chi connectivity index (χ3n) is 4.57. The van der Waals surface area contributed by atoms with Crippen LogP contribution in [0.15, 0.2) is 18.2 Å². The number of rotatable bonds is 2. The van der Waals surface area contributed by atoms with Gasteiger partial charge in [0.25, 0.3) is 0 Å². The minimum atomic E-state index is -0.725. The maximum Gasteiger partial charge on any atom is 0.306 e. The summed E-state index contributed by atoms with van der Waals surface area (Å²) < 4.78 is 0. The molecule has 1 aliphatic rings. The highest BCUT2D eigenvalue weighted by molar-refractivity contribution is 5.95. The summed E-state index contributed by atoms with van der Waals surface area (Å²) in [6.45, 7) is 5.17. The van der Waals surface area contributed by atoms with Gasteiger partial charge in [-0.2, -0.15) is 5.26 Å². The van der Waals surface area contributed by atoms with Gasteiger partial charge in [0.05, 0.1) is 28.4 Å². The Morgan fingerprint density at radius 3 is 2.65 bits per heavy atom. The van der Waals surface area contributed by atoms with Crippen molar-refractivity contribution in [3.8, 4) is 6.07 Å². The molecule has 0 saturated carbocycles. The summed E-state index contributed by atoms with van der Waals surface area (Å²) in [4.78, 5) is 17.8. The smallest absolute Gasteiger partial charge is 0.306 e. The van der Waals surface area contributed by atoms with E-state index in [1.165, 1.54) is 0 Å². The first kappa shape index (κ1) is 15.3. The summed E-state index contributed by atoms with van der Waals surface area (Å²) >= 11 is 0. The van der Waals surface area contributed by atoms with Crippen molar-refractivity contribution in [2.75, 3.05) is 18.0 Å². The second-order valence-electron chi connectivity index (χ2n) is 6.15. The molecular weight excluding hydrogens is 290 g/mol. The van der Waals surface area contributed by atoms with E-state index in [2.05, 4.69) is 22.0 Å². The molecule has 1 aromatic carbocycles. The molecule has 0 atom stereocenters. The number of anilines is 1. The van der Waals surface area contributed by atoms with E-state index in [1.807, 2.05) is 26.0 Å². The number of aryl methyl sites for hydroxylation is 2. The van der Waals surface area contributed by atoms with Crippen LogP contribution in [-0.2, 0) is 4.79 Å². The SMILES string of the molecule is Cc1ccc2nc(C)c(C#N)c(N3CCC(C(=O)O)CC3)c2c1. The molecule has 0 spiro atoms. The zero-order valence-corrected chi connectivity index (χ0v) is 13.3. The molecule has 0 amide bonds. The van der Waals surface area contributed by atoms with Gasteiger partial charge in [-0.3, -0.25) is 9.78 Å². The van der Waals surface area contributed by atoms with Gasteiger partial charge in [0.1, 0.15) is 6.07 Å². The predicted molar refractivity (Wildman–Crippen MR) is 88.5 cm³/mol. The highest BCUT2D eigenvalue weighted by Gasteiger charge is 2.27. The van der Waals surface area contributed by atoms with Gasteiger partial charge in [0, 0.05) is 18.5 Å². The van der Waals surface area contributed by atoms with E-state index >= 15 is 0 Å². The highest BCUT2D eigenvalue weighted by Crippen LogP contribution is 2.34. The molecule has 0 unspecified atom stereocenters. The fourth-order valence-electron chi connectivity index (χ4n) is 3.29. The fourth-order valence-corrected chi connectivity index (χ4v) is 3.29. The van der Waals surface area contributed by atoms with Gasteiger partial charge in [0.15, 0.2) is 0 Å². The number of aromatic nitrogens is 1. The Hall–Kier alpha value is -2.61. The van der Waals surface area contributed by atoms with Gasteiger partial charge in [-0.25, -0.2) is 0 Å². The highest BCUT2D eigenvalue weighted by atomic mass is 16.4. The Balaban J connectivity index is 2.10. The summed E-state index contributed by atoms with van der Waals surface area (Å²) in [7, 11) is 0. The van der Waals surface area contributed by atoms with Gasteiger partial charge in [-0.05, 0) is 38.8 Å². The van der Waals surface area contributed by atoms with Crippen LogP contribution in [0.2, 0.25) is 0 Å². The van der Waals surface area contributed by atoms with Crippen molar-refractivity contribution < 1.29 is 9.90 Å². The lowest BCUT2D eigenvalue weighted by molar-refractivity contribution is -0.142. The Morgan fingerprint density at radius 2 is 2.04 bits per heavy atom. The van der Waals surface area contributed by atoms with E-state index in [0.29, 0.717) is 31.5 Å². The average molecular weight is 309 g/mol. The Bertz CT molecular complexity index is 815. The molecule has 1 aromatic heterocycles. The molecule has 1 N–H and O–H groups in total. The topological polar surface area (TPSA) is 77.2 Å². The van der Waals surface area contributed by atoms with E-state index in [9.17, 15) is 10.1 Å². The number of aliphatic carboxylic acids is 1. The predicted octanol–water partition coefficient (Wildman–Crippen LogP) is 3.02. The number of nitriles is 1. The standard InChI is InChI=1S/C18H19N3O2/c1-11-3-4-16-14(9-11)17(15(10-19)12(2)20-16)21-7-5-13(6-8-21)18(22)23/h3-4,9,13H,5-8H2,1-2H3,(H,22,23). The number of carbonyl (C=O) groups is 1. The van der Waals surface area contributed by atoms with Gasteiger partial charge in [0.2, 0.25) is 0 Å². The fraction of sp³-hybridized carbons (Fsp3) is 0.389. The molecule has 0 radical (unpaired) electrons. The molecule has 5 nitrogen and oxygen atoms in total. The third kappa shape index (κ3) is 2.72. The van der Waals surface area contributed by atoms with E-state index < -0.39 is 5.97 Å². The molecule has 1 aliphatic heterocycles. The maximum atomic E-state index is 11.2. The van der Waals surface area contributed by atoms with E-state index in [0.717, 1.165) is 27.8 Å². The molecule has 23 heavy (non-hydrogen) atoms. The van der Waals surface area contributed by atoms with Crippen molar-refractivity contribution in [2.45, 2.75) is 26.7 Å². The molecule has 2 aromatic rings. The number of fused-ring (bicyclic) bond motifs is 1. The minimum absolute atomic E-state index is 0.285. The van der Waals surface area contributed by atoms with Crippen molar-refractivity contribution in [3.63, 3.8) is 0 Å². The molecule has 0 aliphatic carbocycles. The van der Waals surface area contributed by atoms with Crippen LogP contribution in [0.1, 0.15) is 29.7 Å². The molecule has 2 heterocycles. The van der Waals surface area contributed by atoms with Crippen LogP contribution in [-0.4, -0.2) is 29.1 Å². The molecular formula is C18H19N3O2. The first-order valence-corrected chi connectivity index (χ1v) is 7.80. The normalized spacial score (nSPS) is 15.6. The maximum absolute atomic E-state index is 11.2. The Kier molecular flexibility index (Phi) is 3.91. The number of piperidine rings is 1. The Morgan fingerprint density at radius 1 is 1.35 bits per heavy atom. The number of hydrogen-bond acceptors (Lipinski definition) is 4. The number of benzene rings is 1. The third-order valence-corrected chi connectivity index (χ3v) is 4.57. The second-order valence-corrected chi connectivity index (χ2v) is 6.15. The molecule has 0 bridgehead atoms. The molecule has 1 fully saturated rings. The molecule has 1 saturated heterocycles. The minimum Gasteiger partial charge on any atom is -0.481 e. The van der Waals surface area contributed by atoms with Gasteiger partial charge < -0.3 is 10.0 Å². The zero-order chi connectivity index (χ0) is 16.6. The van der Waals surface area contributed by atoms with Crippen molar-refractivity contribution in [1.82, 2.24) is 4.98 Å². The molecule has 3 rings (SSSR count). The summed E-state index contributed by atoms with van der Waals surface area (Å²) in [6.07, 6.45) is 1.21. The van der Waals surface area contributed by atoms with E-state index in [4.69, 9.17) is 5.11 Å². The van der Waals surface area contributed by atoms with Gasteiger partial charge >= 0.3 is 5.97 Å². The summed E-state index contributed by atoms with van der Waals surface area (Å²) in [5.74, 6) is -1.01. The number of hydrogen-bond donors (Lipinski definition) is 1. The van der Waals surface area contributed by atoms with Crippen LogP contribution >= 0.6 is 0 Å². The van der Waals surface area contributed by atoms with Gasteiger partial charge in [-0.1, -0.05) is 11.6 Å². The van der Waals surface area contributed by atoms with Crippen molar-refractivity contribution in [1.29, 1.82) is 5.26 Å². The summed E-state index contributed by atoms with van der Waals surface area (Å²) in [6, 6.07) is 8.34. The molecule has 118 valence electrons. The van der Waals surface area contributed by atoms with Crippen LogP contribution < -0.4 is 4.90 Å². The number of carboxylic acids is 1. The van der Waals surface area contributed by atoms with Crippen LogP contribution in [0.5, 0.6) is 0 Å². The zero-order valence-electron chi connectivity index (χ0n) is 13.3.